The molecule has 148 valence electrons. The second-order valence-corrected chi connectivity index (χ2v) is 7.78. The first-order chi connectivity index (χ1) is 13.2. The summed E-state index contributed by atoms with van der Waals surface area (Å²) in [4.78, 5) is 25.6. The number of hydrogen-bond acceptors (Lipinski definition) is 4. The molecule has 1 heterocycles. The molecule has 1 aromatic carbocycles. The van der Waals surface area contributed by atoms with Crippen molar-refractivity contribution in [3.8, 4) is 11.1 Å². The summed E-state index contributed by atoms with van der Waals surface area (Å²) in [6.07, 6.45) is 3.51. The molecule has 0 aliphatic heterocycles. The molecule has 5 N–H and O–H groups in total. The van der Waals surface area contributed by atoms with Crippen molar-refractivity contribution in [2.24, 2.45) is 24.4 Å². The fourth-order valence-corrected chi connectivity index (χ4v) is 3.27. The molecule has 3 rings (SSSR count). The van der Waals surface area contributed by atoms with Crippen molar-refractivity contribution < 1.29 is 4.79 Å². The third kappa shape index (κ3) is 3.67. The van der Waals surface area contributed by atoms with Gasteiger partial charge in [0.05, 0.1) is 5.35 Å². The SMILES string of the molecule is Cc1ccc(C(=O)NC2CC2)cc1-c1cc(=C/N)/c(=C(\N)C(C)C)n(C)c1=O. The lowest BCUT2D eigenvalue weighted by Crippen LogP contribution is -2.46. The summed E-state index contributed by atoms with van der Waals surface area (Å²) in [5, 5.41) is 4.31. The van der Waals surface area contributed by atoms with Crippen LogP contribution in [0.3, 0.4) is 0 Å². The number of nitrogens with two attached hydrogens (primary N) is 2. The van der Waals surface area contributed by atoms with Crippen LogP contribution in [0.15, 0.2) is 29.1 Å². The lowest BCUT2D eigenvalue weighted by molar-refractivity contribution is 0.0951. The predicted octanol–water partition coefficient (Wildman–Crippen LogP) is 0.673. The molecule has 0 saturated heterocycles. The van der Waals surface area contributed by atoms with E-state index in [0.717, 1.165) is 24.0 Å². The molecule has 1 aliphatic rings. The van der Waals surface area contributed by atoms with Gasteiger partial charge in [0.15, 0.2) is 0 Å². The molecule has 28 heavy (non-hydrogen) atoms. The smallest absolute Gasteiger partial charge is 0.258 e. The molecule has 6 nitrogen and oxygen atoms in total. The number of aryl methyl sites for hydroxylation is 1. The molecule has 2 aromatic rings. The van der Waals surface area contributed by atoms with Crippen molar-refractivity contribution in [2.75, 3.05) is 0 Å². The highest BCUT2D eigenvalue weighted by Crippen LogP contribution is 2.23. The first-order valence-electron chi connectivity index (χ1n) is 9.58. The Morgan fingerprint density at radius 3 is 2.50 bits per heavy atom. The highest BCUT2D eigenvalue weighted by Gasteiger charge is 2.24. The highest BCUT2D eigenvalue weighted by atomic mass is 16.1. The Balaban J connectivity index is 2.22. The molecule has 1 fully saturated rings. The van der Waals surface area contributed by atoms with Gasteiger partial charge in [0.25, 0.3) is 11.5 Å². The van der Waals surface area contributed by atoms with Gasteiger partial charge in [0, 0.05) is 41.3 Å². The van der Waals surface area contributed by atoms with Crippen LogP contribution in [0, 0.1) is 12.8 Å². The molecule has 0 atom stereocenters. The molecule has 0 spiro atoms. The van der Waals surface area contributed by atoms with Crippen LogP contribution in [0.1, 0.15) is 42.6 Å². The number of nitrogens with zero attached hydrogens (tertiary/aromatic N) is 1. The van der Waals surface area contributed by atoms with E-state index in [0.29, 0.717) is 27.4 Å². The molecule has 0 bridgehead atoms. The molecule has 0 radical (unpaired) electrons. The maximum atomic E-state index is 13.1. The van der Waals surface area contributed by atoms with Gasteiger partial charge in [0.2, 0.25) is 0 Å². The maximum Gasteiger partial charge on any atom is 0.258 e. The molecule has 6 heteroatoms. The Bertz CT molecular complexity index is 1110. The van der Waals surface area contributed by atoms with E-state index in [4.69, 9.17) is 11.5 Å². The third-order valence-electron chi connectivity index (χ3n) is 5.22. The number of nitrogens with one attached hydrogen (secondary N) is 1. The van der Waals surface area contributed by atoms with Crippen LogP contribution in [0.5, 0.6) is 0 Å². The molecule has 1 aliphatic carbocycles. The summed E-state index contributed by atoms with van der Waals surface area (Å²) in [7, 11) is 1.70. The van der Waals surface area contributed by atoms with Gasteiger partial charge in [-0.15, -0.1) is 0 Å². The standard InChI is InChI=1S/C22H28N4O2/c1-12(2)19(24)20-15(11-23)10-18(22(28)26(20)4)17-9-14(6-5-13(17)3)21(27)25-16-7-8-16/h5-6,9-12,16H,7-8,23-24H2,1-4H3,(H,25,27)/b15-11-,20-19+. The first kappa shape index (κ1) is 19.7. The summed E-state index contributed by atoms with van der Waals surface area (Å²) in [5.74, 6) is -0.0356. The van der Waals surface area contributed by atoms with Crippen molar-refractivity contribution >= 4 is 17.8 Å². The van der Waals surface area contributed by atoms with Crippen LogP contribution in [0.25, 0.3) is 23.0 Å². The number of rotatable bonds is 4. The van der Waals surface area contributed by atoms with Crippen LogP contribution in [0.4, 0.5) is 0 Å². The monoisotopic (exact) mass is 380 g/mol. The summed E-state index contributed by atoms with van der Waals surface area (Å²) in [6.45, 7) is 5.87. The van der Waals surface area contributed by atoms with E-state index in [1.54, 1.807) is 29.8 Å². The van der Waals surface area contributed by atoms with Crippen LogP contribution in [0.2, 0.25) is 0 Å². The second-order valence-electron chi connectivity index (χ2n) is 7.78. The van der Waals surface area contributed by atoms with Gasteiger partial charge in [0.1, 0.15) is 0 Å². The zero-order chi connectivity index (χ0) is 20.6. The Hall–Kier alpha value is -3.02. The largest absolute Gasteiger partial charge is 0.404 e. The number of aromatic nitrogens is 1. The van der Waals surface area contributed by atoms with Gasteiger partial charge in [-0.3, -0.25) is 9.59 Å². The number of benzene rings is 1. The fraction of sp³-hybridized carbons (Fsp3) is 0.364. The minimum atomic E-state index is -0.174. The van der Waals surface area contributed by atoms with E-state index < -0.39 is 0 Å². The van der Waals surface area contributed by atoms with E-state index >= 15 is 0 Å². The van der Waals surface area contributed by atoms with Crippen LogP contribution in [-0.2, 0) is 7.05 Å². The van der Waals surface area contributed by atoms with Crippen LogP contribution in [-0.4, -0.2) is 16.5 Å². The Morgan fingerprint density at radius 1 is 1.25 bits per heavy atom. The topological polar surface area (TPSA) is 103 Å². The molecule has 0 unspecified atom stereocenters. The number of carbonyl (C=O) groups excluding carboxylic acids is 1. The summed E-state index contributed by atoms with van der Waals surface area (Å²) in [6, 6.07) is 7.47. The lowest BCUT2D eigenvalue weighted by atomic mass is 9.97. The van der Waals surface area contributed by atoms with Gasteiger partial charge in [-0.05, 0) is 55.0 Å². The van der Waals surface area contributed by atoms with Gasteiger partial charge < -0.3 is 21.4 Å². The number of pyridine rings is 1. The number of hydrogen-bond donors (Lipinski definition) is 3. The fourth-order valence-electron chi connectivity index (χ4n) is 3.27. The molecular formula is C22H28N4O2. The Labute approximate surface area is 164 Å². The third-order valence-corrected chi connectivity index (χ3v) is 5.22. The van der Waals surface area contributed by atoms with E-state index in [2.05, 4.69) is 5.32 Å². The minimum Gasteiger partial charge on any atom is -0.404 e. The van der Waals surface area contributed by atoms with E-state index in [1.807, 2.05) is 26.8 Å². The zero-order valence-electron chi connectivity index (χ0n) is 16.9. The molecular weight excluding hydrogens is 352 g/mol. The highest BCUT2D eigenvalue weighted by molar-refractivity contribution is 5.96. The zero-order valence-corrected chi connectivity index (χ0v) is 16.9. The summed E-state index contributed by atoms with van der Waals surface area (Å²) in [5.41, 5.74) is 15.2. The average Bonchev–Trinajstić information content (AvgIpc) is 3.47. The van der Waals surface area contributed by atoms with Gasteiger partial charge in [-0.2, -0.15) is 0 Å². The molecule has 1 saturated carbocycles. The second kappa shape index (κ2) is 7.54. The van der Waals surface area contributed by atoms with E-state index in [1.165, 1.54) is 6.20 Å². The first-order valence-corrected chi connectivity index (χ1v) is 9.58. The number of carbonyl (C=O) groups is 1. The van der Waals surface area contributed by atoms with Crippen molar-refractivity contribution in [1.82, 2.24) is 9.88 Å². The van der Waals surface area contributed by atoms with Crippen LogP contribution < -0.4 is 32.9 Å². The van der Waals surface area contributed by atoms with Crippen molar-refractivity contribution in [2.45, 2.75) is 39.7 Å². The summed E-state index contributed by atoms with van der Waals surface area (Å²) >= 11 is 0. The van der Waals surface area contributed by atoms with Crippen molar-refractivity contribution in [3.63, 3.8) is 0 Å². The lowest BCUT2D eigenvalue weighted by Gasteiger charge is -2.13. The molecule has 1 amide bonds. The van der Waals surface area contributed by atoms with E-state index in [-0.39, 0.29) is 23.4 Å². The quantitative estimate of drug-likeness (QED) is 0.725. The maximum absolute atomic E-state index is 13.1. The normalized spacial score (nSPS) is 15.7. The summed E-state index contributed by atoms with van der Waals surface area (Å²) < 4.78 is 1.54. The van der Waals surface area contributed by atoms with Crippen molar-refractivity contribution in [3.05, 3.63) is 56.3 Å². The number of amides is 1. The van der Waals surface area contributed by atoms with Crippen LogP contribution >= 0.6 is 0 Å². The van der Waals surface area contributed by atoms with E-state index in [9.17, 15) is 9.59 Å². The molecule has 1 aromatic heterocycles. The average molecular weight is 380 g/mol. The minimum absolute atomic E-state index is 0.0753. The Morgan fingerprint density at radius 2 is 1.93 bits per heavy atom. The van der Waals surface area contributed by atoms with Gasteiger partial charge >= 0.3 is 0 Å². The predicted molar refractivity (Wildman–Crippen MR) is 113 cm³/mol. The van der Waals surface area contributed by atoms with Gasteiger partial charge in [-0.1, -0.05) is 19.9 Å². The van der Waals surface area contributed by atoms with Gasteiger partial charge in [-0.25, -0.2) is 0 Å². The Kier molecular flexibility index (Phi) is 5.31. The van der Waals surface area contributed by atoms with Crippen molar-refractivity contribution in [1.29, 1.82) is 0 Å².